The molecular formula is C14H12N4O3. The second kappa shape index (κ2) is 7.31. The number of anilines is 1. The van der Waals surface area contributed by atoms with Gasteiger partial charge in [-0.05, 0) is 24.6 Å². The number of aliphatic carboxylic acids is 1. The molecule has 0 aromatic heterocycles. The highest BCUT2D eigenvalue weighted by molar-refractivity contribution is 5.92. The molecule has 0 heterocycles. The molecule has 7 heteroatoms. The number of benzene rings is 1. The standard InChI is InChI=1S/C14H12N4O3/c1-2-3-12(13(19)20)18-14(21)17-11-5-4-9(7-15)10(6-11)8-16/h2,4-6,12H,1,3H2,(H,19,20)(H2,17,18,21). The Balaban J connectivity index is 2.80. The minimum Gasteiger partial charge on any atom is -0.480 e. The fraction of sp³-hybridized carbons (Fsp3) is 0.143. The number of carboxylic acid groups (broad SMARTS) is 1. The van der Waals surface area contributed by atoms with E-state index in [1.165, 1.54) is 24.3 Å². The smallest absolute Gasteiger partial charge is 0.326 e. The highest BCUT2D eigenvalue weighted by atomic mass is 16.4. The van der Waals surface area contributed by atoms with E-state index in [2.05, 4.69) is 17.2 Å². The monoisotopic (exact) mass is 284 g/mol. The Bertz CT molecular complexity index is 655. The van der Waals surface area contributed by atoms with E-state index in [0.717, 1.165) is 0 Å². The van der Waals surface area contributed by atoms with Crippen LogP contribution in [0.15, 0.2) is 30.9 Å². The van der Waals surface area contributed by atoms with E-state index in [0.29, 0.717) is 0 Å². The molecule has 2 amide bonds. The van der Waals surface area contributed by atoms with Crippen molar-refractivity contribution in [2.45, 2.75) is 12.5 Å². The average Bonchev–Trinajstić information content (AvgIpc) is 2.46. The van der Waals surface area contributed by atoms with Crippen LogP contribution in [-0.4, -0.2) is 23.1 Å². The van der Waals surface area contributed by atoms with E-state index in [-0.39, 0.29) is 23.2 Å². The molecule has 0 fully saturated rings. The second-order valence-electron chi connectivity index (χ2n) is 4.00. The number of nitrogens with zero attached hydrogens (tertiary/aromatic N) is 2. The van der Waals surface area contributed by atoms with Gasteiger partial charge in [-0.2, -0.15) is 10.5 Å². The van der Waals surface area contributed by atoms with Gasteiger partial charge in [0.2, 0.25) is 0 Å². The predicted octanol–water partition coefficient (Wildman–Crippen LogP) is 1.58. The van der Waals surface area contributed by atoms with Crippen LogP contribution in [0.2, 0.25) is 0 Å². The minimum atomic E-state index is -1.18. The summed E-state index contributed by atoms with van der Waals surface area (Å²) in [6.07, 6.45) is 1.47. The van der Waals surface area contributed by atoms with Crippen LogP contribution >= 0.6 is 0 Å². The zero-order chi connectivity index (χ0) is 15.8. The second-order valence-corrected chi connectivity index (χ2v) is 4.00. The number of hydrogen-bond acceptors (Lipinski definition) is 4. The first-order chi connectivity index (χ1) is 10.0. The van der Waals surface area contributed by atoms with Crippen LogP contribution in [0.3, 0.4) is 0 Å². The van der Waals surface area contributed by atoms with Crippen LogP contribution in [0.25, 0.3) is 0 Å². The average molecular weight is 284 g/mol. The van der Waals surface area contributed by atoms with Crippen molar-refractivity contribution in [2.24, 2.45) is 0 Å². The lowest BCUT2D eigenvalue weighted by atomic mass is 10.1. The molecule has 0 radical (unpaired) electrons. The Morgan fingerprint density at radius 3 is 2.52 bits per heavy atom. The molecule has 3 N–H and O–H groups in total. The minimum absolute atomic E-state index is 0.0829. The number of carbonyl (C=O) groups excluding carboxylic acids is 1. The van der Waals surface area contributed by atoms with Crippen LogP contribution in [0, 0.1) is 22.7 Å². The summed E-state index contributed by atoms with van der Waals surface area (Å²) in [4.78, 5) is 22.6. The topological polar surface area (TPSA) is 126 Å². The summed E-state index contributed by atoms with van der Waals surface area (Å²) >= 11 is 0. The number of nitriles is 2. The van der Waals surface area contributed by atoms with Gasteiger partial charge in [0.1, 0.15) is 18.2 Å². The van der Waals surface area contributed by atoms with Gasteiger partial charge in [-0.1, -0.05) is 6.08 Å². The zero-order valence-corrected chi connectivity index (χ0v) is 11.0. The number of carbonyl (C=O) groups is 2. The van der Waals surface area contributed by atoms with E-state index >= 15 is 0 Å². The van der Waals surface area contributed by atoms with E-state index in [1.54, 1.807) is 0 Å². The molecule has 0 bridgehead atoms. The Kier molecular flexibility index (Phi) is 5.48. The Hall–Kier alpha value is -3.32. The van der Waals surface area contributed by atoms with Gasteiger partial charge >= 0.3 is 12.0 Å². The molecule has 1 aromatic carbocycles. The van der Waals surface area contributed by atoms with Crippen LogP contribution in [0.4, 0.5) is 10.5 Å². The molecule has 1 atom stereocenters. The van der Waals surface area contributed by atoms with Crippen LogP contribution < -0.4 is 10.6 Å². The summed E-state index contributed by atoms with van der Waals surface area (Å²) in [7, 11) is 0. The number of carboxylic acids is 1. The third-order valence-electron chi connectivity index (χ3n) is 2.52. The van der Waals surface area contributed by atoms with Crippen molar-refractivity contribution in [1.82, 2.24) is 5.32 Å². The molecule has 1 rings (SSSR count). The van der Waals surface area contributed by atoms with Crippen molar-refractivity contribution in [3.63, 3.8) is 0 Å². The highest BCUT2D eigenvalue weighted by Gasteiger charge is 2.18. The van der Waals surface area contributed by atoms with Gasteiger partial charge in [0.15, 0.2) is 0 Å². The number of urea groups is 1. The van der Waals surface area contributed by atoms with Crippen LogP contribution in [0.1, 0.15) is 17.5 Å². The van der Waals surface area contributed by atoms with Gasteiger partial charge in [0.05, 0.1) is 11.1 Å². The van der Waals surface area contributed by atoms with Crippen molar-refractivity contribution in [2.75, 3.05) is 5.32 Å². The number of amides is 2. The molecule has 1 aromatic rings. The fourth-order valence-electron chi connectivity index (χ4n) is 1.53. The third-order valence-corrected chi connectivity index (χ3v) is 2.52. The maximum absolute atomic E-state index is 11.7. The lowest BCUT2D eigenvalue weighted by Gasteiger charge is -2.13. The molecule has 0 aliphatic rings. The molecule has 0 saturated carbocycles. The lowest BCUT2D eigenvalue weighted by molar-refractivity contribution is -0.139. The van der Waals surface area contributed by atoms with E-state index in [9.17, 15) is 9.59 Å². The van der Waals surface area contributed by atoms with Crippen molar-refractivity contribution >= 4 is 17.7 Å². The molecule has 0 saturated heterocycles. The summed E-state index contributed by atoms with van der Waals surface area (Å²) in [5, 5.41) is 31.2. The Morgan fingerprint density at radius 2 is 2.00 bits per heavy atom. The number of rotatable bonds is 5. The summed E-state index contributed by atoms with van der Waals surface area (Å²) in [6.45, 7) is 3.41. The quantitative estimate of drug-likeness (QED) is 0.707. The van der Waals surface area contributed by atoms with Crippen molar-refractivity contribution in [3.8, 4) is 12.1 Å². The highest BCUT2D eigenvalue weighted by Crippen LogP contribution is 2.14. The summed E-state index contributed by atoms with van der Waals surface area (Å²) in [6, 6.07) is 6.06. The number of hydrogen-bond donors (Lipinski definition) is 3. The maximum atomic E-state index is 11.7. The van der Waals surface area contributed by atoms with E-state index in [1.807, 2.05) is 12.1 Å². The zero-order valence-electron chi connectivity index (χ0n) is 11.0. The first-order valence-corrected chi connectivity index (χ1v) is 5.87. The lowest BCUT2D eigenvalue weighted by Crippen LogP contribution is -2.42. The predicted molar refractivity (Wildman–Crippen MR) is 74.3 cm³/mol. The van der Waals surface area contributed by atoms with Gasteiger partial charge in [0, 0.05) is 5.69 Å². The maximum Gasteiger partial charge on any atom is 0.326 e. The summed E-state index contributed by atoms with van der Waals surface area (Å²) in [5.41, 5.74) is 0.598. The van der Waals surface area contributed by atoms with E-state index in [4.69, 9.17) is 15.6 Å². The summed E-state index contributed by atoms with van der Waals surface area (Å²) < 4.78 is 0. The Morgan fingerprint density at radius 1 is 1.33 bits per heavy atom. The molecule has 1 unspecified atom stereocenters. The molecule has 21 heavy (non-hydrogen) atoms. The first-order valence-electron chi connectivity index (χ1n) is 5.87. The fourth-order valence-corrected chi connectivity index (χ4v) is 1.53. The van der Waals surface area contributed by atoms with Crippen LogP contribution in [0.5, 0.6) is 0 Å². The van der Waals surface area contributed by atoms with Gasteiger partial charge in [-0.15, -0.1) is 6.58 Å². The van der Waals surface area contributed by atoms with Crippen molar-refractivity contribution in [3.05, 3.63) is 42.0 Å². The van der Waals surface area contributed by atoms with Gasteiger partial charge < -0.3 is 15.7 Å². The largest absolute Gasteiger partial charge is 0.480 e. The molecule has 0 aliphatic carbocycles. The normalized spacial score (nSPS) is 10.6. The van der Waals surface area contributed by atoms with Crippen LogP contribution in [-0.2, 0) is 4.79 Å². The van der Waals surface area contributed by atoms with Crippen molar-refractivity contribution in [1.29, 1.82) is 10.5 Å². The Labute approximate surface area is 121 Å². The van der Waals surface area contributed by atoms with E-state index < -0.39 is 18.0 Å². The molecule has 0 aliphatic heterocycles. The van der Waals surface area contributed by atoms with Gasteiger partial charge in [-0.3, -0.25) is 0 Å². The van der Waals surface area contributed by atoms with Gasteiger partial charge in [-0.25, -0.2) is 9.59 Å². The summed E-state index contributed by atoms with van der Waals surface area (Å²) in [5.74, 6) is -1.18. The third kappa shape index (κ3) is 4.37. The SMILES string of the molecule is C=CCC(NC(=O)Nc1ccc(C#N)c(C#N)c1)C(=O)O. The first kappa shape index (κ1) is 15.7. The molecule has 7 nitrogen and oxygen atoms in total. The molecule has 106 valence electrons. The van der Waals surface area contributed by atoms with Crippen molar-refractivity contribution < 1.29 is 14.7 Å². The number of nitrogens with one attached hydrogen (secondary N) is 2. The molecule has 0 spiro atoms. The van der Waals surface area contributed by atoms with Gasteiger partial charge in [0.25, 0.3) is 0 Å². The molecular weight excluding hydrogens is 272 g/mol.